The van der Waals surface area contributed by atoms with E-state index in [4.69, 9.17) is 0 Å². The molecule has 31 heavy (non-hydrogen) atoms. The summed E-state index contributed by atoms with van der Waals surface area (Å²) in [5.41, 5.74) is 2.01. The van der Waals surface area contributed by atoms with Crippen molar-refractivity contribution in [2.75, 3.05) is 27.2 Å². The van der Waals surface area contributed by atoms with Gasteiger partial charge in [0, 0.05) is 38.0 Å². The number of nitrogens with zero attached hydrogens (tertiary/aromatic N) is 2. The minimum atomic E-state index is -0.444. The Bertz CT molecular complexity index is 892. The molecule has 1 saturated carbocycles. The Hall–Kier alpha value is -2.14. The van der Waals surface area contributed by atoms with E-state index >= 15 is 0 Å². The summed E-state index contributed by atoms with van der Waals surface area (Å²) in [6, 6.07) is 12.7. The van der Waals surface area contributed by atoms with Crippen LogP contribution in [-0.2, 0) is 16.0 Å². The second kappa shape index (κ2) is 9.56. The van der Waals surface area contributed by atoms with Gasteiger partial charge in [-0.1, -0.05) is 49.6 Å². The lowest BCUT2D eigenvalue weighted by Gasteiger charge is -2.43. The maximum atomic E-state index is 13.4. The molecular weight excluding hydrogens is 404 g/mol. The fourth-order valence-corrected chi connectivity index (χ4v) is 6.20. The Morgan fingerprint density at radius 2 is 1.74 bits per heavy atom. The van der Waals surface area contributed by atoms with E-state index in [2.05, 4.69) is 41.8 Å². The molecule has 2 aliphatic rings. The molecule has 2 aromatic rings. The monoisotopic (exact) mass is 438 g/mol. The van der Waals surface area contributed by atoms with E-state index in [0.29, 0.717) is 19.0 Å². The number of likely N-dealkylation sites (tertiary alicyclic amines) is 1. The van der Waals surface area contributed by atoms with Crippen LogP contribution in [0.3, 0.4) is 0 Å². The van der Waals surface area contributed by atoms with Crippen LogP contribution in [-0.4, -0.2) is 48.8 Å². The lowest BCUT2D eigenvalue weighted by atomic mass is 9.71. The molecule has 2 fully saturated rings. The quantitative estimate of drug-likeness (QED) is 0.641. The number of carbonyl (C=O) groups excluding carboxylic acids is 2. The van der Waals surface area contributed by atoms with Gasteiger partial charge in [0.2, 0.25) is 11.8 Å². The van der Waals surface area contributed by atoms with Crippen LogP contribution in [0.15, 0.2) is 41.8 Å². The number of hydrogen-bond acceptors (Lipinski definition) is 3. The molecule has 4 nitrogen and oxygen atoms in total. The minimum absolute atomic E-state index is 0.193. The van der Waals surface area contributed by atoms with Gasteiger partial charge in [0.1, 0.15) is 0 Å². The van der Waals surface area contributed by atoms with E-state index in [9.17, 15) is 9.59 Å². The Morgan fingerprint density at radius 1 is 1.03 bits per heavy atom. The van der Waals surface area contributed by atoms with Crippen molar-refractivity contribution in [1.82, 2.24) is 9.80 Å². The van der Waals surface area contributed by atoms with E-state index in [1.54, 1.807) is 16.2 Å². The summed E-state index contributed by atoms with van der Waals surface area (Å²) in [6.45, 7) is 1.38. The van der Waals surface area contributed by atoms with E-state index in [1.807, 2.05) is 19.0 Å². The third-order valence-corrected chi connectivity index (χ3v) is 8.08. The predicted octanol–water partition coefficient (Wildman–Crippen LogP) is 5.23. The van der Waals surface area contributed by atoms with Gasteiger partial charge >= 0.3 is 0 Å². The maximum Gasteiger partial charge on any atom is 0.228 e. The van der Waals surface area contributed by atoms with Gasteiger partial charge < -0.3 is 9.80 Å². The fraction of sp³-hybridized carbons (Fsp3) is 0.538. The minimum Gasteiger partial charge on any atom is -0.348 e. The van der Waals surface area contributed by atoms with Crippen LogP contribution in [0.1, 0.15) is 50.5 Å². The van der Waals surface area contributed by atoms with Crippen molar-refractivity contribution in [2.45, 2.75) is 51.4 Å². The molecule has 0 unspecified atom stereocenters. The Morgan fingerprint density at radius 3 is 2.39 bits per heavy atom. The molecule has 1 aliphatic heterocycles. The molecule has 1 aliphatic carbocycles. The first-order valence-corrected chi connectivity index (χ1v) is 12.5. The Labute approximate surface area is 190 Å². The highest BCUT2D eigenvalue weighted by molar-refractivity contribution is 7.13. The average Bonchev–Trinajstić information content (AvgIpc) is 3.34. The van der Waals surface area contributed by atoms with Crippen LogP contribution in [0.25, 0.3) is 10.4 Å². The summed E-state index contributed by atoms with van der Waals surface area (Å²) in [5.74, 6) is 0.716. The summed E-state index contributed by atoms with van der Waals surface area (Å²) < 4.78 is 0. The van der Waals surface area contributed by atoms with Gasteiger partial charge in [0.05, 0.1) is 5.41 Å². The largest absolute Gasteiger partial charge is 0.348 e. The van der Waals surface area contributed by atoms with Gasteiger partial charge in [-0.25, -0.2) is 0 Å². The average molecular weight is 439 g/mol. The van der Waals surface area contributed by atoms with E-state index in [1.165, 1.54) is 35.3 Å². The SMILES string of the molecule is CN(C)C(=O)C1(Cc2ccccc2-c2cccs2)CCN(C(=O)C2CCCCC2)CC1. The highest BCUT2D eigenvalue weighted by Gasteiger charge is 2.44. The lowest BCUT2D eigenvalue weighted by molar-refractivity contribution is -0.148. The number of benzene rings is 1. The molecule has 166 valence electrons. The summed E-state index contributed by atoms with van der Waals surface area (Å²) in [7, 11) is 3.71. The molecule has 0 spiro atoms. The first-order chi connectivity index (χ1) is 15.0. The van der Waals surface area contributed by atoms with E-state index < -0.39 is 5.41 Å². The summed E-state index contributed by atoms with van der Waals surface area (Å²) in [4.78, 5) is 31.5. The van der Waals surface area contributed by atoms with Crippen molar-refractivity contribution >= 4 is 23.2 Å². The van der Waals surface area contributed by atoms with Crippen LogP contribution in [0.5, 0.6) is 0 Å². The molecular formula is C26H34N2O2S. The van der Waals surface area contributed by atoms with Crippen molar-refractivity contribution in [3.8, 4) is 10.4 Å². The molecule has 0 N–H and O–H groups in total. The molecule has 1 aromatic heterocycles. The van der Waals surface area contributed by atoms with Gasteiger partial charge in [-0.2, -0.15) is 0 Å². The molecule has 2 heterocycles. The number of piperidine rings is 1. The van der Waals surface area contributed by atoms with Crippen molar-refractivity contribution < 1.29 is 9.59 Å². The second-order valence-electron chi connectivity index (χ2n) is 9.45. The number of rotatable bonds is 5. The zero-order valence-electron chi connectivity index (χ0n) is 18.8. The fourth-order valence-electron chi connectivity index (χ4n) is 5.41. The molecule has 0 radical (unpaired) electrons. The number of carbonyl (C=O) groups is 2. The maximum absolute atomic E-state index is 13.4. The van der Waals surface area contributed by atoms with Crippen molar-refractivity contribution in [1.29, 1.82) is 0 Å². The zero-order chi connectivity index (χ0) is 21.8. The standard InChI is InChI=1S/C26H34N2O2S/c1-27(2)25(30)26(19-21-11-6-7-12-22(21)23-13-8-18-31-23)14-16-28(17-15-26)24(29)20-9-4-3-5-10-20/h6-8,11-13,18,20H,3-5,9-10,14-17,19H2,1-2H3. The van der Waals surface area contributed by atoms with E-state index in [0.717, 1.165) is 32.1 Å². The highest BCUT2D eigenvalue weighted by Crippen LogP contribution is 2.40. The third kappa shape index (κ3) is 4.72. The van der Waals surface area contributed by atoms with Crippen LogP contribution >= 0.6 is 11.3 Å². The second-order valence-corrected chi connectivity index (χ2v) is 10.4. The molecule has 4 rings (SSSR count). The lowest BCUT2D eigenvalue weighted by Crippen LogP contribution is -2.52. The summed E-state index contributed by atoms with van der Waals surface area (Å²) >= 11 is 1.74. The van der Waals surface area contributed by atoms with Crippen molar-refractivity contribution in [2.24, 2.45) is 11.3 Å². The van der Waals surface area contributed by atoms with Gasteiger partial charge in [0.15, 0.2) is 0 Å². The molecule has 2 amide bonds. The van der Waals surface area contributed by atoms with Gasteiger partial charge in [-0.05, 0) is 54.7 Å². The first kappa shape index (κ1) is 22.1. The summed E-state index contributed by atoms with van der Waals surface area (Å²) in [5, 5.41) is 2.10. The van der Waals surface area contributed by atoms with Gasteiger partial charge in [-0.15, -0.1) is 11.3 Å². The van der Waals surface area contributed by atoms with E-state index in [-0.39, 0.29) is 11.8 Å². The Kier molecular flexibility index (Phi) is 6.80. The van der Waals surface area contributed by atoms with Crippen LogP contribution in [0.4, 0.5) is 0 Å². The topological polar surface area (TPSA) is 40.6 Å². The predicted molar refractivity (Wildman–Crippen MR) is 127 cm³/mol. The van der Waals surface area contributed by atoms with Crippen LogP contribution in [0, 0.1) is 11.3 Å². The van der Waals surface area contributed by atoms with Crippen LogP contribution in [0.2, 0.25) is 0 Å². The smallest absolute Gasteiger partial charge is 0.228 e. The molecule has 0 bridgehead atoms. The van der Waals surface area contributed by atoms with Gasteiger partial charge in [-0.3, -0.25) is 9.59 Å². The Balaban J connectivity index is 1.55. The van der Waals surface area contributed by atoms with Crippen molar-refractivity contribution in [3.63, 3.8) is 0 Å². The summed E-state index contributed by atoms with van der Waals surface area (Å²) in [6.07, 6.45) is 7.87. The highest BCUT2D eigenvalue weighted by atomic mass is 32.1. The van der Waals surface area contributed by atoms with Crippen LogP contribution < -0.4 is 0 Å². The number of thiophene rings is 1. The molecule has 1 saturated heterocycles. The third-order valence-electron chi connectivity index (χ3n) is 7.18. The normalized spacial score (nSPS) is 19.2. The number of hydrogen-bond donors (Lipinski definition) is 0. The zero-order valence-corrected chi connectivity index (χ0v) is 19.6. The first-order valence-electron chi connectivity index (χ1n) is 11.6. The van der Waals surface area contributed by atoms with Crippen molar-refractivity contribution in [3.05, 3.63) is 47.3 Å². The molecule has 5 heteroatoms. The molecule has 0 atom stereocenters. The van der Waals surface area contributed by atoms with Gasteiger partial charge in [0.25, 0.3) is 0 Å². The number of amides is 2. The molecule has 1 aromatic carbocycles.